The zero-order valence-corrected chi connectivity index (χ0v) is 6.59. The Morgan fingerprint density at radius 2 is 2.18 bits per heavy atom. The molecule has 1 atom stereocenters. The van der Waals surface area contributed by atoms with Crippen LogP contribution < -0.4 is 5.32 Å². The second-order valence-corrected chi connectivity index (χ2v) is 3.04. The molecule has 11 heavy (non-hydrogen) atoms. The maximum absolute atomic E-state index is 10.8. The summed E-state index contributed by atoms with van der Waals surface area (Å²) in [6.45, 7) is 3.97. The Labute approximate surface area is 64.9 Å². The molecule has 1 saturated heterocycles. The van der Waals surface area contributed by atoms with Gasteiger partial charge in [-0.1, -0.05) is 13.8 Å². The molecule has 62 valence electrons. The number of ether oxygens (including phenoxy) is 1. The van der Waals surface area contributed by atoms with Crippen molar-refractivity contribution in [3.8, 4) is 0 Å². The molecule has 0 saturated carbocycles. The van der Waals surface area contributed by atoms with E-state index < -0.39 is 18.1 Å². The number of cyclic esters (lactones) is 2. The van der Waals surface area contributed by atoms with E-state index in [1.807, 2.05) is 13.8 Å². The van der Waals surface area contributed by atoms with Crippen LogP contribution >= 0.6 is 0 Å². The minimum atomic E-state index is -0.624. The number of amides is 1. The van der Waals surface area contributed by atoms with Gasteiger partial charge >= 0.3 is 12.1 Å². The first kappa shape index (κ1) is 8.04. The Morgan fingerprint density at radius 3 is 2.55 bits per heavy atom. The van der Waals surface area contributed by atoms with Crippen molar-refractivity contribution in [2.24, 2.45) is 5.92 Å². The zero-order chi connectivity index (χ0) is 8.43. The highest BCUT2D eigenvalue weighted by Gasteiger charge is 2.32. The van der Waals surface area contributed by atoms with Crippen molar-refractivity contribution in [3.63, 3.8) is 0 Å². The summed E-state index contributed by atoms with van der Waals surface area (Å²) in [5.74, 6) is -0.0744. The van der Waals surface area contributed by atoms with Crippen molar-refractivity contribution in [1.29, 1.82) is 0 Å². The Balaban J connectivity index is 2.47. The first-order chi connectivity index (χ1) is 5.09. The fourth-order valence-corrected chi connectivity index (χ4v) is 1.02. The molecule has 1 fully saturated rings. The van der Waals surface area contributed by atoms with Gasteiger partial charge in [0.2, 0.25) is 0 Å². The van der Waals surface area contributed by atoms with Crippen molar-refractivity contribution in [1.82, 2.24) is 5.32 Å². The highest BCUT2D eigenvalue weighted by molar-refractivity contribution is 5.95. The van der Waals surface area contributed by atoms with E-state index in [9.17, 15) is 9.59 Å². The third-order valence-electron chi connectivity index (χ3n) is 1.48. The van der Waals surface area contributed by atoms with Gasteiger partial charge in [-0.2, -0.15) is 0 Å². The summed E-state index contributed by atoms with van der Waals surface area (Å²) in [7, 11) is 0. The Bertz CT molecular complexity index is 188. The third-order valence-corrected chi connectivity index (χ3v) is 1.48. The molecule has 0 aromatic carbocycles. The summed E-state index contributed by atoms with van der Waals surface area (Å²) in [6.07, 6.45) is 0.0190. The van der Waals surface area contributed by atoms with Crippen molar-refractivity contribution in [3.05, 3.63) is 0 Å². The summed E-state index contributed by atoms with van der Waals surface area (Å²) in [5, 5.41) is 2.42. The van der Waals surface area contributed by atoms with Crippen LogP contribution in [0.15, 0.2) is 0 Å². The van der Waals surface area contributed by atoms with Crippen LogP contribution in [0.1, 0.15) is 20.3 Å². The topological polar surface area (TPSA) is 55.4 Å². The Kier molecular flexibility index (Phi) is 2.12. The molecule has 4 nitrogen and oxygen atoms in total. The van der Waals surface area contributed by atoms with E-state index in [0.717, 1.165) is 0 Å². The van der Waals surface area contributed by atoms with Gasteiger partial charge in [-0.3, -0.25) is 0 Å². The van der Waals surface area contributed by atoms with Crippen LogP contribution in [0.3, 0.4) is 0 Å². The molecule has 1 aliphatic rings. The van der Waals surface area contributed by atoms with Crippen molar-refractivity contribution >= 4 is 12.1 Å². The quantitative estimate of drug-likeness (QED) is 0.473. The predicted octanol–water partition coefficient (Wildman–Crippen LogP) is 0.667. The summed E-state index contributed by atoms with van der Waals surface area (Å²) in [4.78, 5) is 21.3. The largest absolute Gasteiger partial charge is 0.415 e. The molecule has 0 aliphatic carbocycles. The average molecular weight is 157 g/mol. The number of hydrogen-bond acceptors (Lipinski definition) is 3. The van der Waals surface area contributed by atoms with Gasteiger partial charge in [0.05, 0.1) is 0 Å². The Hall–Kier alpha value is -1.06. The van der Waals surface area contributed by atoms with Crippen molar-refractivity contribution in [2.45, 2.75) is 26.3 Å². The number of nitrogens with one attached hydrogen (secondary N) is 1. The standard InChI is InChI=1S/C7H11NO3/c1-4(2)3-5-6(9)11-7(10)8-5/h4-5H,3H2,1-2H3,(H,8,10)/t5-/m1/s1. The first-order valence-electron chi connectivity index (χ1n) is 3.62. The zero-order valence-electron chi connectivity index (χ0n) is 6.59. The second kappa shape index (κ2) is 2.90. The molecule has 0 bridgehead atoms. The molecule has 0 aromatic heterocycles. The highest BCUT2D eigenvalue weighted by atomic mass is 16.6. The summed E-state index contributed by atoms with van der Waals surface area (Å²) in [5.41, 5.74) is 0. The van der Waals surface area contributed by atoms with Crippen LogP contribution in [0.5, 0.6) is 0 Å². The van der Waals surface area contributed by atoms with E-state index in [4.69, 9.17) is 0 Å². The van der Waals surface area contributed by atoms with Crippen LogP contribution in [0, 0.1) is 5.92 Å². The van der Waals surface area contributed by atoms with E-state index in [-0.39, 0.29) is 0 Å². The molecule has 1 amide bonds. The predicted molar refractivity (Wildman–Crippen MR) is 37.9 cm³/mol. The molecule has 1 aliphatic heterocycles. The molecule has 0 spiro atoms. The monoisotopic (exact) mass is 157 g/mol. The van der Waals surface area contributed by atoms with Gasteiger partial charge in [-0.25, -0.2) is 9.59 Å². The number of carbonyl (C=O) groups is 2. The fraction of sp³-hybridized carbons (Fsp3) is 0.714. The lowest BCUT2D eigenvalue weighted by molar-refractivity contribution is -0.135. The molecule has 0 unspecified atom stereocenters. The van der Waals surface area contributed by atoms with Crippen LogP contribution in [0.25, 0.3) is 0 Å². The minimum Gasteiger partial charge on any atom is -0.375 e. The summed E-state index contributed by atoms with van der Waals surface area (Å²) >= 11 is 0. The maximum atomic E-state index is 10.8. The lowest BCUT2D eigenvalue weighted by Crippen LogP contribution is -2.29. The lowest BCUT2D eigenvalue weighted by Gasteiger charge is -2.06. The second-order valence-electron chi connectivity index (χ2n) is 3.04. The highest BCUT2D eigenvalue weighted by Crippen LogP contribution is 2.10. The van der Waals surface area contributed by atoms with E-state index in [1.54, 1.807) is 0 Å². The SMILES string of the molecule is CC(C)C[C@H]1NC(=O)OC1=O. The number of carbonyl (C=O) groups excluding carboxylic acids is 2. The molecule has 4 heteroatoms. The average Bonchev–Trinajstić information content (AvgIpc) is 2.09. The summed E-state index contributed by atoms with van der Waals surface area (Å²) in [6, 6.07) is -0.428. The van der Waals surface area contributed by atoms with Gasteiger partial charge in [-0.15, -0.1) is 0 Å². The van der Waals surface area contributed by atoms with Crippen LogP contribution in [-0.2, 0) is 9.53 Å². The molecular weight excluding hydrogens is 146 g/mol. The van der Waals surface area contributed by atoms with E-state index in [0.29, 0.717) is 12.3 Å². The number of esters is 1. The molecular formula is C7H11NO3. The number of rotatable bonds is 2. The molecule has 1 N–H and O–H groups in total. The van der Waals surface area contributed by atoms with E-state index >= 15 is 0 Å². The lowest BCUT2D eigenvalue weighted by atomic mass is 10.0. The molecule has 1 rings (SSSR count). The third kappa shape index (κ3) is 1.93. The van der Waals surface area contributed by atoms with Crippen LogP contribution in [0.4, 0.5) is 4.79 Å². The normalized spacial score (nSPS) is 23.7. The van der Waals surface area contributed by atoms with Gasteiger partial charge in [-0.05, 0) is 12.3 Å². The Morgan fingerprint density at radius 1 is 1.55 bits per heavy atom. The van der Waals surface area contributed by atoms with Crippen LogP contribution in [-0.4, -0.2) is 18.1 Å². The van der Waals surface area contributed by atoms with Crippen LogP contribution in [0.2, 0.25) is 0 Å². The van der Waals surface area contributed by atoms with E-state index in [2.05, 4.69) is 10.1 Å². The van der Waals surface area contributed by atoms with Crippen molar-refractivity contribution in [2.75, 3.05) is 0 Å². The van der Waals surface area contributed by atoms with Gasteiger partial charge < -0.3 is 10.1 Å². The molecule has 0 aromatic rings. The number of hydrogen-bond donors (Lipinski definition) is 1. The van der Waals surface area contributed by atoms with E-state index in [1.165, 1.54) is 0 Å². The number of alkyl carbamates (subject to hydrolysis) is 1. The maximum Gasteiger partial charge on any atom is 0.415 e. The van der Waals surface area contributed by atoms with Crippen molar-refractivity contribution < 1.29 is 14.3 Å². The van der Waals surface area contributed by atoms with Gasteiger partial charge in [0.1, 0.15) is 6.04 Å². The van der Waals surface area contributed by atoms with Gasteiger partial charge in [0.15, 0.2) is 0 Å². The smallest absolute Gasteiger partial charge is 0.375 e. The molecule has 0 radical (unpaired) electrons. The first-order valence-corrected chi connectivity index (χ1v) is 3.62. The fourth-order valence-electron chi connectivity index (χ4n) is 1.02. The van der Waals surface area contributed by atoms with Gasteiger partial charge in [0.25, 0.3) is 0 Å². The summed E-state index contributed by atoms with van der Waals surface area (Å²) < 4.78 is 4.29. The minimum absolute atomic E-state index is 0.381. The molecule has 1 heterocycles. The van der Waals surface area contributed by atoms with Gasteiger partial charge in [0, 0.05) is 0 Å².